The van der Waals surface area contributed by atoms with Crippen molar-refractivity contribution in [1.82, 2.24) is 23.3 Å². The van der Waals surface area contributed by atoms with Crippen LogP contribution in [-0.2, 0) is 21.7 Å². The molecule has 8 aromatic carbocycles. The molecule has 0 radical (unpaired) electrons. The Morgan fingerprint density at radius 3 is 1.70 bits per heavy atom. The third-order valence-corrected chi connectivity index (χ3v) is 15.3. The van der Waals surface area contributed by atoms with E-state index < -0.39 is 0 Å². The van der Waals surface area contributed by atoms with Crippen LogP contribution in [0, 0.1) is 0 Å². The van der Waals surface area contributed by atoms with Gasteiger partial charge in [-0.2, -0.15) is 0 Å². The number of aromatic nitrogens is 3. The Morgan fingerprint density at radius 1 is 0.408 bits per heavy atom. The number of hydrogen-bond donors (Lipinski definition) is 0. The van der Waals surface area contributed by atoms with Crippen molar-refractivity contribution >= 4 is 72.4 Å². The molecule has 6 nitrogen and oxygen atoms in total. The van der Waals surface area contributed by atoms with Crippen LogP contribution in [0.3, 0.4) is 0 Å². The van der Waals surface area contributed by atoms with Gasteiger partial charge in [-0.05, 0) is 125 Å². The van der Waals surface area contributed by atoms with E-state index in [1.165, 1.54) is 49.6 Å². The van der Waals surface area contributed by atoms with Gasteiger partial charge in [0.2, 0.25) is 11.4 Å². The van der Waals surface area contributed by atoms with Crippen molar-refractivity contribution in [3.05, 3.63) is 210 Å². The minimum Gasteiger partial charge on any atom is -0.457 e. The summed E-state index contributed by atoms with van der Waals surface area (Å²) in [5.41, 5.74) is 16.9. The number of rotatable bonds is 7. The molecule has 0 fully saturated rings. The predicted molar refractivity (Wildman–Crippen MR) is 320 cm³/mol. The van der Waals surface area contributed by atoms with Gasteiger partial charge >= 0.3 is 11.7 Å². The summed E-state index contributed by atoms with van der Waals surface area (Å²) in [6.45, 7) is 27.4. The molecule has 6 heteroatoms. The number of fused-ring (bicyclic) bond motifs is 7. The molecule has 1 aliphatic rings. The lowest BCUT2D eigenvalue weighted by Crippen LogP contribution is -2.17. The fraction of sp³-hybridized carbons (Fsp3) is 0.229. The molecule has 0 aliphatic carbocycles. The van der Waals surface area contributed by atoms with Crippen LogP contribution in [0.15, 0.2) is 188 Å². The van der Waals surface area contributed by atoms with Crippen molar-refractivity contribution < 1.29 is 4.74 Å². The molecular weight excluding hydrogens is 927 g/mol. The normalized spacial score (nSPS) is 13.2. The molecule has 1 aliphatic heterocycles. The second-order valence-electron chi connectivity index (χ2n) is 24.9. The largest absolute Gasteiger partial charge is 0.503 e. The molecule has 0 unspecified atom stereocenters. The molecule has 4 heterocycles. The Morgan fingerprint density at radius 2 is 1.01 bits per heavy atom. The van der Waals surface area contributed by atoms with E-state index >= 15 is 0 Å². The van der Waals surface area contributed by atoms with Crippen molar-refractivity contribution in [2.24, 2.45) is 0 Å². The highest BCUT2D eigenvalue weighted by Crippen LogP contribution is 2.46. The summed E-state index contributed by atoms with van der Waals surface area (Å²) in [4.78, 5) is 5.04. The Kier molecular flexibility index (Phi) is 11.3. The predicted octanol–water partition coefficient (Wildman–Crippen LogP) is 18.8. The van der Waals surface area contributed by atoms with E-state index in [4.69, 9.17) is 9.72 Å². The number of nitrogens with zero attached hydrogens (tertiary/aromatic N) is 5. The SMILES string of the molecule is CC(C)(C)c1cccc(-c2cccc3c2[N+](c2cc(C(C)(C)C)cc(C(C)(C)C)c2)=C=[N+]3c2cccc(Oc3ccc4c5cc(-n6c7ccccc7c7ccccc76)ccc5n(-c5cc(C(C)(C)C)ccn5)c4c3)c2)c1. The number of hydrogen-bond acceptors (Lipinski definition) is 2. The standard InChI is InChI=1S/C70H67N5O/c1-67(2,3)46-21-17-20-45(36-46)55-26-19-29-63-66(55)73(52-38-48(69(7,8)9)37-49(39-52)70(10,11)12)44-72(63)50-22-18-23-53(41-50)76-54-31-32-58-59-42-51(74-60-27-15-13-24-56(60)57-25-14-16-28-61(57)74)30-33-62(59)75(64(58)43-54)65-40-47(34-35-71-65)68(4,5)6/h13-43H,1-12H3/q+2. The minimum absolute atomic E-state index is 0.00567. The summed E-state index contributed by atoms with van der Waals surface area (Å²) in [6, 6.07) is 70.1. The first-order valence-corrected chi connectivity index (χ1v) is 26.8. The van der Waals surface area contributed by atoms with Crippen molar-refractivity contribution in [3.63, 3.8) is 0 Å². The van der Waals surface area contributed by atoms with Gasteiger partial charge in [-0.3, -0.25) is 4.57 Å². The zero-order chi connectivity index (χ0) is 53.1. The van der Waals surface area contributed by atoms with E-state index in [1.807, 2.05) is 12.3 Å². The maximum Gasteiger partial charge on any atom is 0.503 e. The van der Waals surface area contributed by atoms with Gasteiger partial charge in [0.15, 0.2) is 0 Å². The van der Waals surface area contributed by atoms with Crippen LogP contribution in [0.4, 0.5) is 22.7 Å². The molecule has 0 spiro atoms. The van der Waals surface area contributed by atoms with Gasteiger partial charge < -0.3 is 9.30 Å². The average Bonchev–Trinajstić information content (AvgIpc) is 4.08. The number of ether oxygens (including phenoxy) is 1. The zero-order valence-corrected chi connectivity index (χ0v) is 46.0. The fourth-order valence-electron chi connectivity index (χ4n) is 11.0. The van der Waals surface area contributed by atoms with Crippen LogP contribution < -0.4 is 13.9 Å². The third kappa shape index (κ3) is 8.51. The quantitative estimate of drug-likeness (QED) is 0.149. The molecule has 12 rings (SSSR count). The van der Waals surface area contributed by atoms with E-state index in [-0.39, 0.29) is 21.7 Å². The summed E-state index contributed by atoms with van der Waals surface area (Å²) in [5.74, 6) is 2.32. The molecule has 0 amide bonds. The third-order valence-electron chi connectivity index (χ3n) is 15.3. The molecule has 0 bridgehead atoms. The van der Waals surface area contributed by atoms with Gasteiger partial charge in [0.05, 0.1) is 33.7 Å². The first kappa shape index (κ1) is 48.6. The Bertz CT molecular complexity index is 4140. The first-order chi connectivity index (χ1) is 36.2. The lowest BCUT2D eigenvalue weighted by atomic mass is 9.80. The average molecular weight is 994 g/mol. The molecule has 3 aromatic heterocycles. The number of pyridine rings is 1. The summed E-state index contributed by atoms with van der Waals surface area (Å²) in [7, 11) is 0. The monoisotopic (exact) mass is 994 g/mol. The molecule has 76 heavy (non-hydrogen) atoms. The van der Waals surface area contributed by atoms with Gasteiger partial charge in [0.1, 0.15) is 17.3 Å². The van der Waals surface area contributed by atoms with Gasteiger partial charge in [0.25, 0.3) is 5.69 Å². The van der Waals surface area contributed by atoms with E-state index in [0.29, 0.717) is 0 Å². The van der Waals surface area contributed by atoms with Crippen LogP contribution in [0.2, 0.25) is 0 Å². The topological polar surface area (TPSA) is 38.0 Å². The molecule has 0 atom stereocenters. The summed E-state index contributed by atoms with van der Waals surface area (Å²) >= 11 is 0. The molecular formula is C70H67N5O+2. The van der Waals surface area contributed by atoms with Gasteiger partial charge in [-0.1, -0.05) is 162 Å². The number of para-hydroxylation sites is 3. The Labute approximate surface area is 447 Å². The fourth-order valence-corrected chi connectivity index (χ4v) is 11.0. The highest BCUT2D eigenvalue weighted by molar-refractivity contribution is 6.12. The van der Waals surface area contributed by atoms with Crippen LogP contribution in [-0.4, -0.2) is 20.1 Å². The highest BCUT2D eigenvalue weighted by atomic mass is 16.5. The van der Waals surface area contributed by atoms with Crippen molar-refractivity contribution in [2.45, 2.75) is 105 Å². The van der Waals surface area contributed by atoms with E-state index in [0.717, 1.165) is 73.1 Å². The lowest BCUT2D eigenvalue weighted by molar-refractivity contribution is 0.483. The maximum absolute atomic E-state index is 6.97. The van der Waals surface area contributed by atoms with Crippen molar-refractivity contribution in [1.29, 1.82) is 0 Å². The molecule has 0 saturated carbocycles. The molecule has 0 N–H and O–H groups in total. The minimum atomic E-state index is -0.0643. The van der Waals surface area contributed by atoms with E-state index in [1.54, 1.807) is 0 Å². The van der Waals surface area contributed by atoms with Crippen LogP contribution in [0.1, 0.15) is 105 Å². The summed E-state index contributed by atoms with van der Waals surface area (Å²) in [6.07, 6.45) is 1.94. The zero-order valence-electron chi connectivity index (χ0n) is 46.0. The molecule has 0 saturated heterocycles. The van der Waals surface area contributed by atoms with Gasteiger partial charge in [-0.15, -0.1) is 0 Å². The molecule has 11 aromatic rings. The maximum atomic E-state index is 6.97. The van der Waals surface area contributed by atoms with Crippen molar-refractivity contribution in [2.75, 3.05) is 0 Å². The van der Waals surface area contributed by atoms with E-state index in [9.17, 15) is 0 Å². The summed E-state index contributed by atoms with van der Waals surface area (Å²) in [5, 5.41) is 4.74. The Balaban J connectivity index is 1.00. The smallest absolute Gasteiger partial charge is 0.457 e. The Hall–Kier alpha value is -8.31. The highest BCUT2D eigenvalue weighted by Gasteiger charge is 2.41. The second-order valence-corrected chi connectivity index (χ2v) is 24.9. The first-order valence-electron chi connectivity index (χ1n) is 26.8. The second kappa shape index (κ2) is 17.7. The van der Waals surface area contributed by atoms with Crippen LogP contribution in [0.5, 0.6) is 11.5 Å². The van der Waals surface area contributed by atoms with Crippen molar-refractivity contribution in [3.8, 4) is 34.1 Å². The van der Waals surface area contributed by atoms with Gasteiger partial charge in [-0.25, -0.2) is 4.98 Å². The number of benzene rings is 8. The van der Waals surface area contributed by atoms with Gasteiger partial charge in [0, 0.05) is 63.8 Å². The van der Waals surface area contributed by atoms with Crippen LogP contribution in [0.25, 0.3) is 66.2 Å². The van der Waals surface area contributed by atoms with Crippen LogP contribution >= 0.6 is 0 Å². The molecule has 376 valence electrons. The lowest BCUT2D eigenvalue weighted by Gasteiger charge is -2.24. The summed E-state index contributed by atoms with van der Waals surface area (Å²) < 4.78 is 16.1. The van der Waals surface area contributed by atoms with E-state index in [2.05, 4.69) is 283 Å².